The summed E-state index contributed by atoms with van der Waals surface area (Å²) in [5.74, 6) is -1.87. The molecule has 0 spiro atoms. The van der Waals surface area contributed by atoms with Gasteiger partial charge in [0.2, 0.25) is 11.8 Å². The van der Waals surface area contributed by atoms with Crippen LogP contribution in [0.25, 0.3) is 0 Å². The van der Waals surface area contributed by atoms with Gasteiger partial charge in [-0.15, -0.1) is 0 Å². The highest BCUT2D eigenvalue weighted by molar-refractivity contribution is 7.47. The highest BCUT2D eigenvalue weighted by Gasteiger charge is 2.26. The predicted molar refractivity (Wildman–Crippen MR) is 225 cm³/mol. The molecule has 0 bridgehead atoms. The average Bonchev–Trinajstić information content (AvgIpc) is 3.19. The third-order valence-corrected chi connectivity index (χ3v) is 10.7. The molecule has 0 aromatic carbocycles. The summed E-state index contributed by atoms with van der Waals surface area (Å²) in [5, 5.41) is 4.78. The van der Waals surface area contributed by atoms with E-state index >= 15 is 0 Å². The summed E-state index contributed by atoms with van der Waals surface area (Å²) in [7, 11) is -4.62. The summed E-state index contributed by atoms with van der Waals surface area (Å²) < 4.78 is 33.4. The van der Waals surface area contributed by atoms with Crippen LogP contribution in [-0.4, -0.2) is 73.9 Å². The van der Waals surface area contributed by atoms with E-state index in [4.69, 9.17) is 18.5 Å². The number of nitrogens with one attached hydrogen (secondary N) is 2. The Balaban J connectivity index is 4.56. The van der Waals surface area contributed by atoms with Gasteiger partial charge in [0.25, 0.3) is 0 Å². The number of rotatable bonds is 43. The molecule has 0 aliphatic rings. The van der Waals surface area contributed by atoms with Crippen LogP contribution < -0.4 is 10.6 Å². The van der Waals surface area contributed by atoms with E-state index in [1.807, 2.05) is 0 Å². The number of hydrogen-bond donors (Lipinski definition) is 3. The Kier molecular flexibility index (Phi) is 38.8. The molecule has 57 heavy (non-hydrogen) atoms. The Morgan fingerprint density at radius 2 is 0.947 bits per heavy atom. The number of esters is 2. The first kappa shape index (κ1) is 54.7. The molecular weight excluding hydrogens is 751 g/mol. The van der Waals surface area contributed by atoms with Gasteiger partial charge in [-0.1, -0.05) is 168 Å². The molecule has 0 aromatic heterocycles. The van der Waals surface area contributed by atoms with E-state index in [1.54, 1.807) is 0 Å². The fourth-order valence-corrected chi connectivity index (χ4v) is 7.07. The number of carbonyl (C=O) groups excluding carboxylic acids is 5. The molecule has 2 atom stereocenters. The molecule has 0 fully saturated rings. The van der Waals surface area contributed by atoms with Crippen LogP contribution in [0, 0.1) is 0 Å². The monoisotopic (exact) mass is 833 g/mol. The minimum Gasteiger partial charge on any atom is -0.462 e. The summed E-state index contributed by atoms with van der Waals surface area (Å²) in [6.07, 6.45) is 30.5. The van der Waals surface area contributed by atoms with E-state index in [0.717, 1.165) is 38.5 Å². The van der Waals surface area contributed by atoms with Gasteiger partial charge in [0, 0.05) is 32.2 Å². The van der Waals surface area contributed by atoms with Crippen LogP contribution in [0.5, 0.6) is 0 Å². The molecule has 0 aliphatic heterocycles. The number of unbranched alkanes of at least 4 members (excludes halogenated alkanes) is 24. The minimum atomic E-state index is -4.62. The molecule has 2 unspecified atom stereocenters. The second kappa shape index (κ2) is 40.4. The van der Waals surface area contributed by atoms with Crippen LogP contribution in [0.3, 0.4) is 0 Å². The maximum atomic E-state index is 12.7. The van der Waals surface area contributed by atoms with Crippen LogP contribution in [-0.2, 0) is 47.1 Å². The molecular formula is C43H81N2O11P. The Morgan fingerprint density at radius 1 is 0.544 bits per heavy atom. The van der Waals surface area contributed by atoms with Gasteiger partial charge in [-0.2, -0.15) is 0 Å². The van der Waals surface area contributed by atoms with E-state index in [9.17, 15) is 33.4 Å². The first-order valence-electron chi connectivity index (χ1n) is 22.6. The van der Waals surface area contributed by atoms with Gasteiger partial charge < -0.3 is 29.8 Å². The molecule has 0 saturated heterocycles. The number of aldehydes is 1. The summed E-state index contributed by atoms with van der Waals surface area (Å²) in [6, 6.07) is 0. The van der Waals surface area contributed by atoms with Crippen LogP contribution in [0.2, 0.25) is 0 Å². The SMILES string of the molecule is CCCCCCCCCCCCCCCC(=O)OCC(COP(=O)(O)OCCNC(=O)CCC(=O)NCC=O)OC(=O)CCCCCCCCCCCCCCC. The van der Waals surface area contributed by atoms with Gasteiger partial charge in [-0.05, 0) is 12.8 Å². The molecule has 0 saturated carbocycles. The fraction of sp³-hybridized carbons (Fsp3) is 0.884. The number of hydrogen-bond acceptors (Lipinski definition) is 10. The lowest BCUT2D eigenvalue weighted by molar-refractivity contribution is -0.161. The average molecular weight is 833 g/mol. The van der Waals surface area contributed by atoms with Crippen molar-refractivity contribution in [3.05, 3.63) is 0 Å². The molecule has 0 rings (SSSR count). The summed E-state index contributed by atoms with van der Waals surface area (Å²) in [5.41, 5.74) is 0. The van der Waals surface area contributed by atoms with Crippen molar-refractivity contribution in [2.45, 2.75) is 213 Å². The zero-order valence-corrected chi connectivity index (χ0v) is 36.8. The summed E-state index contributed by atoms with van der Waals surface area (Å²) in [6.45, 7) is 2.98. The summed E-state index contributed by atoms with van der Waals surface area (Å²) in [4.78, 5) is 69.1. The van der Waals surface area contributed by atoms with E-state index in [-0.39, 0.29) is 52.0 Å². The van der Waals surface area contributed by atoms with Crippen molar-refractivity contribution in [1.82, 2.24) is 10.6 Å². The maximum absolute atomic E-state index is 12.7. The topological polar surface area (TPSA) is 184 Å². The van der Waals surface area contributed by atoms with Crippen molar-refractivity contribution in [2.75, 3.05) is 32.9 Å². The van der Waals surface area contributed by atoms with Crippen molar-refractivity contribution in [3.8, 4) is 0 Å². The number of ether oxygens (including phenoxy) is 2. The second-order valence-electron chi connectivity index (χ2n) is 15.2. The molecule has 0 aromatic rings. The third-order valence-electron chi connectivity index (χ3n) is 9.76. The summed E-state index contributed by atoms with van der Waals surface area (Å²) >= 11 is 0. The number of amides is 2. The highest BCUT2D eigenvalue weighted by atomic mass is 31.2. The Hall–Kier alpha value is -2.34. The van der Waals surface area contributed by atoms with Crippen molar-refractivity contribution >= 4 is 37.9 Å². The zero-order valence-electron chi connectivity index (χ0n) is 35.9. The molecule has 0 heterocycles. The lowest BCUT2D eigenvalue weighted by Crippen LogP contribution is -2.31. The lowest BCUT2D eigenvalue weighted by atomic mass is 10.0. The Labute approximate surface area is 345 Å². The third kappa shape index (κ3) is 40.2. The largest absolute Gasteiger partial charge is 0.472 e. The van der Waals surface area contributed by atoms with E-state index in [2.05, 4.69) is 24.5 Å². The van der Waals surface area contributed by atoms with E-state index in [0.29, 0.717) is 19.1 Å². The first-order chi connectivity index (χ1) is 27.6. The van der Waals surface area contributed by atoms with Crippen molar-refractivity contribution < 1.29 is 52.0 Å². The fourth-order valence-electron chi connectivity index (χ4n) is 6.32. The van der Waals surface area contributed by atoms with E-state index in [1.165, 1.54) is 116 Å². The van der Waals surface area contributed by atoms with Crippen LogP contribution in [0.1, 0.15) is 206 Å². The maximum Gasteiger partial charge on any atom is 0.472 e. The molecule has 3 N–H and O–H groups in total. The molecule has 2 amide bonds. The van der Waals surface area contributed by atoms with Gasteiger partial charge in [0.1, 0.15) is 12.9 Å². The Morgan fingerprint density at radius 3 is 1.39 bits per heavy atom. The molecule has 14 heteroatoms. The molecule has 13 nitrogen and oxygen atoms in total. The van der Waals surface area contributed by atoms with Gasteiger partial charge in [0.05, 0.1) is 19.8 Å². The molecule has 334 valence electrons. The smallest absolute Gasteiger partial charge is 0.462 e. The van der Waals surface area contributed by atoms with Gasteiger partial charge in [-0.3, -0.25) is 28.2 Å². The standard InChI is InChI=1S/C43H81N2O11P/c1-3-5-7-9-11-13-15-17-19-21-23-25-27-29-42(49)53-37-39(56-43(50)30-28-26-24-22-20-18-16-14-12-10-8-6-4-2)38-55-57(51,52)54-36-34-45-41(48)32-31-40(47)44-33-35-46/h35,39H,3-34,36-38H2,1-2H3,(H,44,47)(H,45,48)(H,51,52). The molecule has 0 radical (unpaired) electrons. The highest BCUT2D eigenvalue weighted by Crippen LogP contribution is 2.43. The zero-order chi connectivity index (χ0) is 42.1. The molecule has 0 aliphatic carbocycles. The lowest BCUT2D eigenvalue weighted by Gasteiger charge is -2.20. The van der Waals surface area contributed by atoms with Crippen molar-refractivity contribution in [1.29, 1.82) is 0 Å². The van der Waals surface area contributed by atoms with Crippen molar-refractivity contribution in [3.63, 3.8) is 0 Å². The quantitative estimate of drug-likeness (QED) is 0.0230. The minimum absolute atomic E-state index is 0.119. The number of carbonyl (C=O) groups is 5. The van der Waals surface area contributed by atoms with Crippen LogP contribution in [0.4, 0.5) is 0 Å². The van der Waals surface area contributed by atoms with Crippen LogP contribution >= 0.6 is 7.82 Å². The van der Waals surface area contributed by atoms with Gasteiger partial charge >= 0.3 is 19.8 Å². The number of phosphoric ester groups is 1. The predicted octanol–water partition coefficient (Wildman–Crippen LogP) is 9.75. The second-order valence-corrected chi connectivity index (χ2v) is 16.7. The van der Waals surface area contributed by atoms with E-state index < -0.39 is 44.3 Å². The van der Waals surface area contributed by atoms with Gasteiger partial charge in [-0.25, -0.2) is 4.57 Å². The normalized spacial score (nSPS) is 12.8. The Bertz CT molecular complexity index is 1060. The van der Waals surface area contributed by atoms with Crippen molar-refractivity contribution in [2.24, 2.45) is 0 Å². The van der Waals surface area contributed by atoms with Crippen LogP contribution in [0.15, 0.2) is 0 Å². The number of phosphoric acid groups is 1. The first-order valence-corrected chi connectivity index (χ1v) is 24.1. The van der Waals surface area contributed by atoms with Gasteiger partial charge in [0.15, 0.2) is 6.10 Å².